The van der Waals surface area contributed by atoms with E-state index in [1.54, 1.807) is 0 Å². The molecule has 1 unspecified atom stereocenters. The molecule has 0 heterocycles. The van der Waals surface area contributed by atoms with Crippen molar-refractivity contribution in [3.63, 3.8) is 0 Å². The van der Waals surface area contributed by atoms with Crippen LogP contribution in [0.3, 0.4) is 0 Å². The van der Waals surface area contributed by atoms with Crippen LogP contribution in [0.25, 0.3) is 0 Å². The van der Waals surface area contributed by atoms with Crippen LogP contribution in [0, 0.1) is 6.92 Å². The number of nitrogens with one attached hydrogen (secondary N) is 1. The summed E-state index contributed by atoms with van der Waals surface area (Å²) in [4.78, 5) is 12.0. The first-order valence-corrected chi connectivity index (χ1v) is 7.59. The highest BCUT2D eigenvalue weighted by Gasteiger charge is 2.13. The number of rotatable bonds is 5. The summed E-state index contributed by atoms with van der Waals surface area (Å²) in [6, 6.07) is 5.92. The van der Waals surface area contributed by atoms with Crippen molar-refractivity contribution in [1.82, 2.24) is 5.32 Å². The van der Waals surface area contributed by atoms with Crippen LogP contribution in [0.15, 0.2) is 22.7 Å². The first-order valence-electron chi connectivity index (χ1n) is 5.68. The molecular weight excluding hydrogens is 346 g/mol. The van der Waals surface area contributed by atoms with E-state index in [0.29, 0.717) is 5.56 Å². The summed E-state index contributed by atoms with van der Waals surface area (Å²) in [5, 5.41) is 3.98. The predicted molar refractivity (Wildman–Crippen MR) is 78.8 cm³/mol. The van der Waals surface area contributed by atoms with Crippen LogP contribution in [0.1, 0.15) is 35.7 Å². The van der Waals surface area contributed by atoms with Crippen molar-refractivity contribution in [3.05, 3.63) is 33.8 Å². The standard InChI is InChI=1S/C13H17Br2NO/c1-9-5-3-7-11(12(9)15)13(17)16-10(2)6-4-8-14/h3,5,7,10H,4,6,8H2,1-2H3,(H,16,17). The molecule has 0 spiro atoms. The molecule has 0 aliphatic carbocycles. The summed E-state index contributed by atoms with van der Waals surface area (Å²) in [6.07, 6.45) is 2.05. The van der Waals surface area contributed by atoms with Gasteiger partial charge in [0, 0.05) is 15.8 Å². The molecule has 0 saturated carbocycles. The second-order valence-corrected chi connectivity index (χ2v) is 5.73. The van der Waals surface area contributed by atoms with Crippen LogP contribution in [-0.2, 0) is 0 Å². The van der Waals surface area contributed by atoms with E-state index < -0.39 is 0 Å². The maximum Gasteiger partial charge on any atom is 0.252 e. The SMILES string of the molecule is Cc1cccc(C(=O)NC(C)CCCBr)c1Br. The molecule has 0 aliphatic rings. The normalized spacial score (nSPS) is 12.2. The van der Waals surface area contributed by atoms with E-state index in [2.05, 4.69) is 37.2 Å². The van der Waals surface area contributed by atoms with Gasteiger partial charge in [-0.1, -0.05) is 28.1 Å². The molecule has 1 aromatic rings. The minimum atomic E-state index is -0.0114. The van der Waals surface area contributed by atoms with Gasteiger partial charge in [0.15, 0.2) is 0 Å². The zero-order chi connectivity index (χ0) is 12.8. The Labute approximate surface area is 119 Å². The van der Waals surface area contributed by atoms with Crippen LogP contribution < -0.4 is 5.32 Å². The van der Waals surface area contributed by atoms with Crippen molar-refractivity contribution in [1.29, 1.82) is 0 Å². The zero-order valence-corrected chi connectivity index (χ0v) is 13.3. The molecule has 1 aromatic carbocycles. The lowest BCUT2D eigenvalue weighted by Gasteiger charge is -2.14. The van der Waals surface area contributed by atoms with Gasteiger partial charge in [-0.25, -0.2) is 0 Å². The largest absolute Gasteiger partial charge is 0.350 e. The molecule has 0 aromatic heterocycles. The highest BCUT2D eigenvalue weighted by atomic mass is 79.9. The molecule has 2 nitrogen and oxygen atoms in total. The second kappa shape index (κ2) is 7.17. The van der Waals surface area contributed by atoms with E-state index in [1.165, 1.54) is 0 Å². The Balaban J connectivity index is 2.67. The monoisotopic (exact) mass is 361 g/mol. The van der Waals surface area contributed by atoms with Gasteiger partial charge in [0.2, 0.25) is 0 Å². The Morgan fingerprint density at radius 1 is 1.47 bits per heavy atom. The Morgan fingerprint density at radius 2 is 2.18 bits per heavy atom. The number of carbonyl (C=O) groups excluding carboxylic acids is 1. The predicted octanol–water partition coefficient (Wildman–Crippen LogP) is 4.05. The fourth-order valence-electron chi connectivity index (χ4n) is 1.58. The van der Waals surface area contributed by atoms with E-state index in [0.717, 1.165) is 28.2 Å². The Morgan fingerprint density at radius 3 is 2.82 bits per heavy atom. The van der Waals surface area contributed by atoms with E-state index in [9.17, 15) is 4.79 Å². The Hall–Kier alpha value is -0.350. The van der Waals surface area contributed by atoms with Crippen molar-refractivity contribution < 1.29 is 4.79 Å². The summed E-state index contributed by atoms with van der Waals surface area (Å²) in [5.74, 6) is -0.0114. The molecule has 1 N–H and O–H groups in total. The third-order valence-corrected chi connectivity index (χ3v) is 4.20. The van der Waals surface area contributed by atoms with E-state index >= 15 is 0 Å². The number of carbonyl (C=O) groups is 1. The molecule has 0 saturated heterocycles. The lowest BCUT2D eigenvalue weighted by atomic mass is 10.1. The van der Waals surface area contributed by atoms with Crippen LogP contribution in [0.2, 0.25) is 0 Å². The average molecular weight is 363 g/mol. The lowest BCUT2D eigenvalue weighted by molar-refractivity contribution is 0.0937. The fourth-order valence-corrected chi connectivity index (χ4v) is 2.35. The number of halogens is 2. The molecule has 17 heavy (non-hydrogen) atoms. The highest BCUT2D eigenvalue weighted by Crippen LogP contribution is 2.21. The minimum Gasteiger partial charge on any atom is -0.350 e. The number of benzene rings is 1. The molecule has 0 bridgehead atoms. The smallest absolute Gasteiger partial charge is 0.252 e. The number of alkyl halides is 1. The quantitative estimate of drug-likeness (QED) is 0.786. The van der Waals surface area contributed by atoms with Crippen molar-refractivity contribution in [2.75, 3.05) is 5.33 Å². The van der Waals surface area contributed by atoms with Gasteiger partial charge in [0.05, 0.1) is 5.56 Å². The fraction of sp³-hybridized carbons (Fsp3) is 0.462. The molecule has 1 amide bonds. The molecule has 1 atom stereocenters. The third kappa shape index (κ3) is 4.43. The lowest BCUT2D eigenvalue weighted by Crippen LogP contribution is -2.32. The molecule has 0 aliphatic heterocycles. The van der Waals surface area contributed by atoms with Crippen LogP contribution >= 0.6 is 31.9 Å². The third-order valence-electron chi connectivity index (χ3n) is 2.58. The van der Waals surface area contributed by atoms with Crippen LogP contribution in [-0.4, -0.2) is 17.3 Å². The minimum absolute atomic E-state index is 0.0114. The number of amides is 1. The van der Waals surface area contributed by atoms with Crippen molar-refractivity contribution in [2.24, 2.45) is 0 Å². The molecule has 0 radical (unpaired) electrons. The highest BCUT2D eigenvalue weighted by molar-refractivity contribution is 9.10. The molecule has 4 heteroatoms. The Bertz CT molecular complexity index is 393. The van der Waals surface area contributed by atoms with Gasteiger partial charge >= 0.3 is 0 Å². The first kappa shape index (κ1) is 14.7. The van der Waals surface area contributed by atoms with Crippen molar-refractivity contribution >= 4 is 37.8 Å². The molecule has 94 valence electrons. The molecular formula is C13H17Br2NO. The topological polar surface area (TPSA) is 29.1 Å². The number of aryl methyl sites for hydroxylation is 1. The van der Waals surface area contributed by atoms with E-state index in [-0.39, 0.29) is 11.9 Å². The maximum atomic E-state index is 12.0. The summed E-state index contributed by atoms with van der Waals surface area (Å²) >= 11 is 6.84. The summed E-state index contributed by atoms with van der Waals surface area (Å²) in [7, 11) is 0. The summed E-state index contributed by atoms with van der Waals surface area (Å²) < 4.78 is 0.880. The van der Waals surface area contributed by atoms with Gasteiger partial charge in [-0.2, -0.15) is 0 Å². The van der Waals surface area contributed by atoms with Gasteiger partial charge in [0.1, 0.15) is 0 Å². The van der Waals surface area contributed by atoms with Gasteiger partial charge < -0.3 is 5.32 Å². The van der Waals surface area contributed by atoms with Crippen molar-refractivity contribution in [3.8, 4) is 0 Å². The van der Waals surface area contributed by atoms with Gasteiger partial charge in [-0.15, -0.1) is 0 Å². The van der Waals surface area contributed by atoms with Gasteiger partial charge in [0.25, 0.3) is 5.91 Å². The molecule has 1 rings (SSSR count). The summed E-state index contributed by atoms with van der Waals surface area (Å²) in [6.45, 7) is 4.01. The number of hydrogen-bond donors (Lipinski definition) is 1. The van der Waals surface area contributed by atoms with E-state index in [4.69, 9.17) is 0 Å². The van der Waals surface area contributed by atoms with Crippen molar-refractivity contribution in [2.45, 2.75) is 32.7 Å². The summed E-state index contributed by atoms with van der Waals surface area (Å²) in [5.41, 5.74) is 1.78. The van der Waals surface area contributed by atoms with Crippen LogP contribution in [0.5, 0.6) is 0 Å². The van der Waals surface area contributed by atoms with E-state index in [1.807, 2.05) is 32.0 Å². The Kier molecular flexibility index (Phi) is 6.20. The number of hydrogen-bond acceptors (Lipinski definition) is 1. The van der Waals surface area contributed by atoms with Crippen LogP contribution in [0.4, 0.5) is 0 Å². The second-order valence-electron chi connectivity index (χ2n) is 4.14. The average Bonchev–Trinajstić information content (AvgIpc) is 2.29. The molecule has 0 fully saturated rings. The first-order chi connectivity index (χ1) is 8.06. The van der Waals surface area contributed by atoms with Gasteiger partial charge in [-0.05, 0) is 54.2 Å². The van der Waals surface area contributed by atoms with Gasteiger partial charge in [-0.3, -0.25) is 4.79 Å². The maximum absolute atomic E-state index is 12.0. The zero-order valence-electron chi connectivity index (χ0n) is 10.1.